The minimum absolute atomic E-state index is 0.159. The van der Waals surface area contributed by atoms with E-state index in [4.69, 9.17) is 0 Å². The lowest BCUT2D eigenvalue weighted by Crippen LogP contribution is -2.46. The van der Waals surface area contributed by atoms with Gasteiger partial charge in [0.05, 0.1) is 12.7 Å². The molecule has 2 atom stereocenters. The second-order valence-electron chi connectivity index (χ2n) is 5.98. The fourth-order valence-corrected chi connectivity index (χ4v) is 2.82. The van der Waals surface area contributed by atoms with E-state index in [2.05, 4.69) is 27.9 Å². The third kappa shape index (κ3) is 4.13. The molecule has 1 aromatic heterocycles. The zero-order chi connectivity index (χ0) is 16.2. The number of carbonyl (C=O) groups is 1. The summed E-state index contributed by atoms with van der Waals surface area (Å²) in [5, 5.41) is 14.2. The number of carbonyl (C=O) groups excluding carboxylic acids is 1. The molecule has 0 bridgehead atoms. The van der Waals surface area contributed by atoms with Crippen molar-refractivity contribution in [1.82, 2.24) is 25.6 Å². The van der Waals surface area contributed by atoms with Crippen LogP contribution in [0, 0.1) is 5.82 Å². The van der Waals surface area contributed by atoms with Gasteiger partial charge in [0.2, 0.25) is 0 Å². The van der Waals surface area contributed by atoms with Crippen molar-refractivity contribution in [2.75, 3.05) is 6.54 Å². The largest absolute Gasteiger partial charge is 0.348 e. The number of rotatable bonds is 4. The number of nitrogens with zero attached hydrogens (tertiary/aromatic N) is 3. The molecule has 1 aliphatic heterocycles. The van der Waals surface area contributed by atoms with Gasteiger partial charge in [-0.05, 0) is 44.0 Å². The molecule has 122 valence electrons. The molecule has 2 N–H and O–H groups in total. The van der Waals surface area contributed by atoms with Gasteiger partial charge < -0.3 is 10.6 Å². The van der Waals surface area contributed by atoms with Crippen LogP contribution in [0.3, 0.4) is 0 Å². The molecule has 0 radical (unpaired) electrons. The average Bonchev–Trinajstić information content (AvgIpc) is 2.96. The Kier molecular flexibility index (Phi) is 4.66. The van der Waals surface area contributed by atoms with Crippen LogP contribution in [0.4, 0.5) is 4.39 Å². The molecular formula is C16H20FN5O. The van der Waals surface area contributed by atoms with Crippen molar-refractivity contribution < 1.29 is 9.18 Å². The van der Waals surface area contributed by atoms with Crippen molar-refractivity contribution >= 4 is 5.91 Å². The van der Waals surface area contributed by atoms with E-state index in [1.165, 1.54) is 16.8 Å². The lowest BCUT2D eigenvalue weighted by Gasteiger charge is -2.28. The molecule has 0 aliphatic carbocycles. The molecule has 2 aromatic rings. The van der Waals surface area contributed by atoms with E-state index in [1.807, 2.05) is 0 Å². The van der Waals surface area contributed by atoms with E-state index < -0.39 is 0 Å². The van der Waals surface area contributed by atoms with Crippen LogP contribution in [-0.4, -0.2) is 39.5 Å². The van der Waals surface area contributed by atoms with Gasteiger partial charge in [-0.3, -0.25) is 4.79 Å². The maximum absolute atomic E-state index is 13.2. The number of piperidine rings is 1. The van der Waals surface area contributed by atoms with Gasteiger partial charge >= 0.3 is 0 Å². The summed E-state index contributed by atoms with van der Waals surface area (Å²) in [7, 11) is 0. The molecule has 0 spiro atoms. The van der Waals surface area contributed by atoms with Crippen molar-refractivity contribution in [1.29, 1.82) is 0 Å². The SMILES string of the molecule is CC1CC(NC(=O)c2cn(Cc3cccc(F)c3)nn2)CCN1. The van der Waals surface area contributed by atoms with Crippen LogP contribution in [0.15, 0.2) is 30.5 Å². The Balaban J connectivity index is 1.61. The summed E-state index contributed by atoms with van der Waals surface area (Å²) in [6.45, 7) is 3.38. The molecule has 1 fully saturated rings. The van der Waals surface area contributed by atoms with Gasteiger partial charge in [-0.15, -0.1) is 5.10 Å². The first-order valence-electron chi connectivity index (χ1n) is 7.79. The highest BCUT2D eigenvalue weighted by atomic mass is 19.1. The molecule has 1 aliphatic rings. The minimum atomic E-state index is -0.291. The number of aromatic nitrogens is 3. The monoisotopic (exact) mass is 317 g/mol. The molecule has 23 heavy (non-hydrogen) atoms. The standard InChI is InChI=1S/C16H20FN5O/c1-11-7-14(5-6-18-11)19-16(23)15-10-22(21-20-15)9-12-3-2-4-13(17)8-12/h2-4,8,10-11,14,18H,5-7,9H2,1H3,(H,19,23). The molecule has 1 saturated heterocycles. The summed E-state index contributed by atoms with van der Waals surface area (Å²) >= 11 is 0. The van der Waals surface area contributed by atoms with Crippen LogP contribution in [0.2, 0.25) is 0 Å². The van der Waals surface area contributed by atoms with E-state index in [1.54, 1.807) is 18.3 Å². The second-order valence-corrected chi connectivity index (χ2v) is 5.98. The lowest BCUT2D eigenvalue weighted by molar-refractivity contribution is 0.0920. The minimum Gasteiger partial charge on any atom is -0.348 e. The van der Waals surface area contributed by atoms with Gasteiger partial charge in [-0.25, -0.2) is 9.07 Å². The van der Waals surface area contributed by atoms with Crippen LogP contribution in [0.5, 0.6) is 0 Å². The van der Waals surface area contributed by atoms with E-state index >= 15 is 0 Å². The van der Waals surface area contributed by atoms with Gasteiger partial charge in [0, 0.05) is 12.1 Å². The van der Waals surface area contributed by atoms with Crippen molar-refractivity contribution in [2.24, 2.45) is 0 Å². The first-order chi connectivity index (χ1) is 11.1. The average molecular weight is 317 g/mol. The smallest absolute Gasteiger partial charge is 0.273 e. The van der Waals surface area contributed by atoms with Crippen LogP contribution in [0.25, 0.3) is 0 Å². The van der Waals surface area contributed by atoms with Crippen LogP contribution in [-0.2, 0) is 6.54 Å². The number of hydrogen-bond acceptors (Lipinski definition) is 4. The number of amides is 1. The summed E-state index contributed by atoms with van der Waals surface area (Å²) in [5.41, 5.74) is 1.06. The number of halogens is 1. The normalized spacial score (nSPS) is 21.1. The Labute approximate surface area is 134 Å². The maximum Gasteiger partial charge on any atom is 0.273 e. The number of benzene rings is 1. The van der Waals surface area contributed by atoms with Gasteiger partial charge in [0.15, 0.2) is 5.69 Å². The topological polar surface area (TPSA) is 71.8 Å². The maximum atomic E-state index is 13.2. The molecule has 0 saturated carbocycles. The Morgan fingerprint density at radius 2 is 2.39 bits per heavy atom. The summed E-state index contributed by atoms with van der Waals surface area (Å²) in [5.74, 6) is -0.504. The molecule has 2 unspecified atom stereocenters. The van der Waals surface area contributed by atoms with Crippen molar-refractivity contribution in [2.45, 2.75) is 38.4 Å². The number of nitrogens with one attached hydrogen (secondary N) is 2. The van der Waals surface area contributed by atoms with Gasteiger partial charge in [0.25, 0.3) is 5.91 Å². The lowest BCUT2D eigenvalue weighted by atomic mass is 10.0. The van der Waals surface area contributed by atoms with Crippen molar-refractivity contribution in [3.8, 4) is 0 Å². The first kappa shape index (κ1) is 15.6. The summed E-state index contributed by atoms with van der Waals surface area (Å²) in [6.07, 6.45) is 3.40. The highest BCUT2D eigenvalue weighted by Crippen LogP contribution is 2.09. The molecule has 1 aromatic carbocycles. The Bertz CT molecular complexity index is 687. The number of hydrogen-bond donors (Lipinski definition) is 2. The zero-order valence-corrected chi connectivity index (χ0v) is 13.0. The fourth-order valence-electron chi connectivity index (χ4n) is 2.82. The van der Waals surface area contributed by atoms with Crippen molar-refractivity contribution in [3.05, 3.63) is 47.5 Å². The Hall–Kier alpha value is -2.28. The third-order valence-electron chi connectivity index (χ3n) is 3.96. The van der Waals surface area contributed by atoms with E-state index in [9.17, 15) is 9.18 Å². The highest BCUT2D eigenvalue weighted by Gasteiger charge is 2.21. The molecular weight excluding hydrogens is 297 g/mol. The Morgan fingerprint density at radius 1 is 1.52 bits per heavy atom. The van der Waals surface area contributed by atoms with Crippen LogP contribution >= 0.6 is 0 Å². The third-order valence-corrected chi connectivity index (χ3v) is 3.96. The van der Waals surface area contributed by atoms with Crippen LogP contribution in [0.1, 0.15) is 35.8 Å². The summed E-state index contributed by atoms with van der Waals surface area (Å²) < 4.78 is 14.7. The molecule has 7 heteroatoms. The summed E-state index contributed by atoms with van der Waals surface area (Å²) in [6, 6.07) is 6.85. The molecule has 2 heterocycles. The van der Waals surface area contributed by atoms with Gasteiger partial charge in [-0.1, -0.05) is 17.3 Å². The predicted molar refractivity (Wildman–Crippen MR) is 83.5 cm³/mol. The first-order valence-corrected chi connectivity index (χ1v) is 7.79. The van der Waals surface area contributed by atoms with Crippen LogP contribution < -0.4 is 10.6 Å². The highest BCUT2D eigenvalue weighted by molar-refractivity contribution is 5.92. The van der Waals surface area contributed by atoms with Gasteiger partial charge in [-0.2, -0.15) is 0 Å². The Morgan fingerprint density at radius 3 is 3.17 bits per heavy atom. The predicted octanol–water partition coefficient (Wildman–Crippen LogP) is 1.34. The van der Waals surface area contributed by atoms with Crippen molar-refractivity contribution in [3.63, 3.8) is 0 Å². The molecule has 3 rings (SSSR count). The fraction of sp³-hybridized carbons (Fsp3) is 0.438. The molecule has 1 amide bonds. The van der Waals surface area contributed by atoms with E-state index in [0.717, 1.165) is 24.9 Å². The molecule has 6 nitrogen and oxygen atoms in total. The quantitative estimate of drug-likeness (QED) is 0.892. The summed E-state index contributed by atoms with van der Waals surface area (Å²) in [4.78, 5) is 12.2. The van der Waals surface area contributed by atoms with E-state index in [-0.39, 0.29) is 23.5 Å². The zero-order valence-electron chi connectivity index (χ0n) is 13.0. The second kappa shape index (κ2) is 6.87. The van der Waals surface area contributed by atoms with Gasteiger partial charge in [0.1, 0.15) is 5.82 Å². The van der Waals surface area contributed by atoms with E-state index in [0.29, 0.717) is 12.6 Å².